The summed E-state index contributed by atoms with van der Waals surface area (Å²) in [5, 5.41) is 6.09. The van der Waals surface area contributed by atoms with Crippen LogP contribution < -0.4 is 15.0 Å². The van der Waals surface area contributed by atoms with Crippen LogP contribution in [0, 0.1) is 0 Å². The Kier molecular flexibility index (Phi) is 3.62. The Morgan fingerprint density at radius 3 is 2.86 bits per heavy atom. The first-order chi connectivity index (χ1) is 10.2. The van der Waals surface area contributed by atoms with Gasteiger partial charge in [-0.3, -0.25) is 0 Å². The van der Waals surface area contributed by atoms with Gasteiger partial charge in [-0.25, -0.2) is 4.98 Å². The maximum absolute atomic E-state index is 5.29. The van der Waals surface area contributed by atoms with Crippen molar-refractivity contribution in [3.63, 3.8) is 0 Å². The number of fused-ring (bicyclic) bond motifs is 1. The Bertz CT molecular complexity index is 771. The number of nitrogens with zero attached hydrogens (tertiary/aromatic N) is 3. The number of rotatable bonds is 4. The molecule has 2 heterocycles. The molecule has 1 N–H and O–H groups in total. The van der Waals surface area contributed by atoms with E-state index in [4.69, 9.17) is 4.74 Å². The highest BCUT2D eigenvalue weighted by atomic mass is 32.1. The van der Waals surface area contributed by atoms with Gasteiger partial charge in [-0.15, -0.1) is 11.3 Å². The summed E-state index contributed by atoms with van der Waals surface area (Å²) in [6, 6.07) is 9.96. The summed E-state index contributed by atoms with van der Waals surface area (Å²) in [7, 11) is 5.48. The lowest BCUT2D eigenvalue weighted by Crippen LogP contribution is -2.13. The number of hydrogen-bond donors (Lipinski definition) is 1. The first-order valence-electron chi connectivity index (χ1n) is 6.53. The molecule has 108 valence electrons. The molecule has 2 aromatic heterocycles. The topological polar surface area (TPSA) is 50.3 Å². The highest BCUT2D eigenvalue weighted by Gasteiger charge is 2.14. The molecule has 0 atom stereocenters. The molecular formula is C15H16N4OS. The van der Waals surface area contributed by atoms with Crippen LogP contribution in [0.15, 0.2) is 35.7 Å². The van der Waals surface area contributed by atoms with E-state index in [-0.39, 0.29) is 0 Å². The molecule has 21 heavy (non-hydrogen) atoms. The predicted molar refractivity (Wildman–Crippen MR) is 88.0 cm³/mol. The quantitative estimate of drug-likeness (QED) is 0.799. The average molecular weight is 300 g/mol. The zero-order valence-corrected chi connectivity index (χ0v) is 12.9. The molecular weight excluding hydrogens is 284 g/mol. The summed E-state index contributed by atoms with van der Waals surface area (Å²) in [4.78, 5) is 12.1. The standard InChI is InChI=1S/C15H16N4OS/c1-16-15-17-13(12-7-8-21-14(12)18-15)19(2)10-5-4-6-11(9-10)20-3/h4-9H,1-3H3,(H,16,17,18). The van der Waals surface area contributed by atoms with Gasteiger partial charge in [-0.05, 0) is 23.6 Å². The molecule has 0 aliphatic rings. The fraction of sp³-hybridized carbons (Fsp3) is 0.200. The Labute approximate surface area is 127 Å². The zero-order valence-electron chi connectivity index (χ0n) is 12.1. The van der Waals surface area contributed by atoms with Gasteiger partial charge in [-0.1, -0.05) is 6.07 Å². The molecule has 0 unspecified atom stereocenters. The number of nitrogens with one attached hydrogen (secondary N) is 1. The number of methoxy groups -OCH3 is 1. The molecule has 0 spiro atoms. The molecule has 0 aliphatic carbocycles. The van der Waals surface area contributed by atoms with E-state index in [1.807, 2.05) is 54.7 Å². The van der Waals surface area contributed by atoms with Gasteiger partial charge < -0.3 is 15.0 Å². The lowest BCUT2D eigenvalue weighted by atomic mass is 10.2. The van der Waals surface area contributed by atoms with Gasteiger partial charge in [0.2, 0.25) is 5.95 Å². The zero-order chi connectivity index (χ0) is 14.8. The SMILES string of the molecule is CNc1nc(N(C)c2cccc(OC)c2)c2ccsc2n1. The summed E-state index contributed by atoms with van der Waals surface area (Å²) >= 11 is 1.61. The van der Waals surface area contributed by atoms with Crippen molar-refractivity contribution in [2.24, 2.45) is 0 Å². The monoisotopic (exact) mass is 300 g/mol. The molecule has 0 fully saturated rings. The van der Waals surface area contributed by atoms with Gasteiger partial charge in [-0.2, -0.15) is 4.98 Å². The highest BCUT2D eigenvalue weighted by Crippen LogP contribution is 2.33. The van der Waals surface area contributed by atoms with E-state index in [9.17, 15) is 0 Å². The Morgan fingerprint density at radius 1 is 1.24 bits per heavy atom. The summed E-state index contributed by atoms with van der Waals surface area (Å²) in [6.45, 7) is 0. The van der Waals surface area contributed by atoms with Gasteiger partial charge >= 0.3 is 0 Å². The molecule has 0 saturated carbocycles. The van der Waals surface area contributed by atoms with Crippen molar-refractivity contribution >= 4 is 39.0 Å². The Hall–Kier alpha value is -2.34. The Balaban J connectivity index is 2.11. The van der Waals surface area contributed by atoms with Crippen LogP contribution in [0.25, 0.3) is 10.2 Å². The van der Waals surface area contributed by atoms with E-state index in [0.29, 0.717) is 5.95 Å². The summed E-state index contributed by atoms with van der Waals surface area (Å²) in [5.74, 6) is 2.32. The van der Waals surface area contributed by atoms with Crippen molar-refractivity contribution in [1.29, 1.82) is 0 Å². The maximum atomic E-state index is 5.29. The van der Waals surface area contributed by atoms with Gasteiger partial charge in [0.25, 0.3) is 0 Å². The average Bonchev–Trinajstić information content (AvgIpc) is 3.01. The molecule has 1 aromatic carbocycles. The molecule has 3 rings (SSSR count). The lowest BCUT2D eigenvalue weighted by molar-refractivity contribution is 0.415. The number of benzene rings is 1. The highest BCUT2D eigenvalue weighted by molar-refractivity contribution is 7.16. The van der Waals surface area contributed by atoms with E-state index in [0.717, 1.165) is 27.5 Å². The first-order valence-corrected chi connectivity index (χ1v) is 7.41. The minimum Gasteiger partial charge on any atom is -0.497 e. The second-order valence-electron chi connectivity index (χ2n) is 4.52. The van der Waals surface area contributed by atoms with Crippen LogP contribution in [-0.2, 0) is 0 Å². The number of hydrogen-bond acceptors (Lipinski definition) is 6. The molecule has 0 aliphatic heterocycles. The molecule has 0 amide bonds. The number of thiophene rings is 1. The van der Waals surface area contributed by atoms with E-state index in [1.165, 1.54) is 0 Å². The first kappa shape index (κ1) is 13.6. The van der Waals surface area contributed by atoms with E-state index in [2.05, 4.69) is 15.3 Å². The van der Waals surface area contributed by atoms with Crippen molar-refractivity contribution in [2.75, 3.05) is 31.4 Å². The van der Waals surface area contributed by atoms with Crippen molar-refractivity contribution in [3.8, 4) is 5.75 Å². The molecule has 6 heteroatoms. The third-order valence-corrected chi connectivity index (χ3v) is 4.09. The third kappa shape index (κ3) is 2.50. The van der Waals surface area contributed by atoms with Crippen LogP contribution in [0.3, 0.4) is 0 Å². The molecule has 5 nitrogen and oxygen atoms in total. The fourth-order valence-corrected chi connectivity index (χ4v) is 2.91. The van der Waals surface area contributed by atoms with Crippen LogP contribution >= 0.6 is 11.3 Å². The van der Waals surface area contributed by atoms with Gasteiger partial charge in [0.15, 0.2) is 0 Å². The molecule has 3 aromatic rings. The minimum absolute atomic E-state index is 0.620. The summed E-state index contributed by atoms with van der Waals surface area (Å²) in [5.41, 5.74) is 1.02. The van der Waals surface area contributed by atoms with E-state index >= 15 is 0 Å². The number of anilines is 3. The van der Waals surface area contributed by atoms with Crippen LogP contribution in [0.1, 0.15) is 0 Å². The van der Waals surface area contributed by atoms with Crippen molar-refractivity contribution < 1.29 is 4.74 Å². The largest absolute Gasteiger partial charge is 0.497 e. The molecule has 0 bridgehead atoms. The fourth-order valence-electron chi connectivity index (χ4n) is 2.15. The summed E-state index contributed by atoms with van der Waals surface area (Å²) < 4.78 is 5.29. The van der Waals surface area contributed by atoms with E-state index in [1.54, 1.807) is 18.4 Å². The lowest BCUT2D eigenvalue weighted by Gasteiger charge is -2.20. The molecule has 0 radical (unpaired) electrons. The summed E-state index contributed by atoms with van der Waals surface area (Å²) in [6.07, 6.45) is 0. The number of aromatic nitrogens is 2. The van der Waals surface area contributed by atoms with Crippen molar-refractivity contribution in [3.05, 3.63) is 35.7 Å². The smallest absolute Gasteiger partial charge is 0.225 e. The Morgan fingerprint density at radius 2 is 2.10 bits per heavy atom. The van der Waals surface area contributed by atoms with Crippen LogP contribution in [0.5, 0.6) is 5.75 Å². The molecule has 0 saturated heterocycles. The minimum atomic E-state index is 0.620. The van der Waals surface area contributed by atoms with Crippen LogP contribution in [0.4, 0.5) is 17.5 Å². The normalized spacial score (nSPS) is 10.6. The second kappa shape index (κ2) is 5.57. The van der Waals surface area contributed by atoms with E-state index < -0.39 is 0 Å². The van der Waals surface area contributed by atoms with Gasteiger partial charge in [0.1, 0.15) is 16.4 Å². The third-order valence-electron chi connectivity index (χ3n) is 3.29. The van der Waals surface area contributed by atoms with Crippen LogP contribution in [-0.4, -0.2) is 31.2 Å². The number of ether oxygens (including phenoxy) is 1. The van der Waals surface area contributed by atoms with Gasteiger partial charge in [0.05, 0.1) is 12.5 Å². The maximum Gasteiger partial charge on any atom is 0.225 e. The van der Waals surface area contributed by atoms with Crippen molar-refractivity contribution in [1.82, 2.24) is 9.97 Å². The second-order valence-corrected chi connectivity index (χ2v) is 5.42. The predicted octanol–water partition coefficient (Wildman–Crippen LogP) is 3.51. The van der Waals surface area contributed by atoms with Gasteiger partial charge in [0, 0.05) is 25.8 Å². The van der Waals surface area contributed by atoms with Crippen molar-refractivity contribution in [2.45, 2.75) is 0 Å². The van der Waals surface area contributed by atoms with Crippen LogP contribution in [0.2, 0.25) is 0 Å².